The first-order valence-corrected chi connectivity index (χ1v) is 10.2. The molecule has 1 N–H and O–H groups in total. The van der Waals surface area contributed by atoms with E-state index in [1.165, 1.54) is 17.7 Å². The first kappa shape index (κ1) is 22.3. The lowest BCUT2D eigenvalue weighted by Crippen LogP contribution is -2.13. The van der Waals surface area contributed by atoms with E-state index in [0.29, 0.717) is 32.1 Å². The summed E-state index contributed by atoms with van der Waals surface area (Å²) in [6, 6.07) is 14.0. The third kappa shape index (κ3) is 5.20. The summed E-state index contributed by atoms with van der Waals surface area (Å²) in [5.41, 5.74) is 3.88. The summed E-state index contributed by atoms with van der Waals surface area (Å²) in [6.07, 6.45) is 0. The molecule has 0 aliphatic heterocycles. The van der Waals surface area contributed by atoms with Gasteiger partial charge < -0.3 is 14.8 Å². The van der Waals surface area contributed by atoms with E-state index in [2.05, 4.69) is 5.32 Å². The van der Waals surface area contributed by atoms with Crippen LogP contribution < -0.4 is 14.8 Å². The normalized spacial score (nSPS) is 10.6. The van der Waals surface area contributed by atoms with Gasteiger partial charge in [-0.2, -0.15) is 0 Å². The fourth-order valence-corrected chi connectivity index (χ4v) is 3.40. The van der Waals surface area contributed by atoms with Crippen molar-refractivity contribution in [2.24, 2.45) is 0 Å². The molecule has 30 heavy (non-hydrogen) atoms. The van der Waals surface area contributed by atoms with E-state index in [4.69, 9.17) is 44.3 Å². The average molecular weight is 465 g/mol. The van der Waals surface area contributed by atoms with Crippen LogP contribution in [0.2, 0.25) is 15.1 Å². The highest BCUT2D eigenvalue weighted by Gasteiger charge is 2.14. The summed E-state index contributed by atoms with van der Waals surface area (Å²) >= 11 is 18.1. The Balaban J connectivity index is 1.80. The van der Waals surface area contributed by atoms with Crippen molar-refractivity contribution in [2.45, 2.75) is 20.5 Å². The van der Waals surface area contributed by atoms with Crippen molar-refractivity contribution < 1.29 is 14.3 Å². The van der Waals surface area contributed by atoms with E-state index < -0.39 is 0 Å². The topological polar surface area (TPSA) is 47.6 Å². The van der Waals surface area contributed by atoms with E-state index in [0.717, 1.165) is 16.9 Å². The number of nitrogens with one attached hydrogen (secondary N) is 1. The fraction of sp³-hybridized carbons (Fsp3) is 0.174. The molecule has 0 aliphatic rings. The molecule has 0 unspecified atom stereocenters. The zero-order valence-corrected chi connectivity index (χ0v) is 19.0. The van der Waals surface area contributed by atoms with E-state index >= 15 is 0 Å². The molecule has 0 saturated heterocycles. The molecular weight excluding hydrogens is 445 g/mol. The van der Waals surface area contributed by atoms with Gasteiger partial charge >= 0.3 is 0 Å². The minimum atomic E-state index is -0.342. The first-order chi connectivity index (χ1) is 14.3. The number of methoxy groups -OCH3 is 1. The maximum Gasteiger partial charge on any atom is 0.255 e. The predicted octanol–water partition coefficient (Wildman–Crippen LogP) is 7.10. The van der Waals surface area contributed by atoms with Crippen LogP contribution in [0.4, 0.5) is 5.69 Å². The Morgan fingerprint density at radius 2 is 1.63 bits per heavy atom. The van der Waals surface area contributed by atoms with E-state index in [1.807, 2.05) is 32.0 Å². The molecule has 4 nitrogen and oxygen atoms in total. The summed E-state index contributed by atoms with van der Waals surface area (Å²) in [5, 5.41) is 3.66. The first-order valence-electron chi connectivity index (χ1n) is 9.11. The third-order valence-corrected chi connectivity index (χ3v) is 5.71. The van der Waals surface area contributed by atoms with Crippen LogP contribution in [0.5, 0.6) is 11.5 Å². The highest BCUT2D eigenvalue weighted by Crippen LogP contribution is 2.32. The number of ether oxygens (including phenoxy) is 2. The second-order valence-corrected chi connectivity index (χ2v) is 7.98. The summed E-state index contributed by atoms with van der Waals surface area (Å²) in [4.78, 5) is 12.7. The summed E-state index contributed by atoms with van der Waals surface area (Å²) < 4.78 is 11.3. The van der Waals surface area contributed by atoms with E-state index in [1.54, 1.807) is 25.3 Å². The van der Waals surface area contributed by atoms with Crippen LogP contribution in [-0.2, 0) is 6.61 Å². The molecular formula is C23H20Cl3NO3. The molecule has 0 aliphatic carbocycles. The lowest BCUT2D eigenvalue weighted by molar-refractivity contribution is 0.102. The van der Waals surface area contributed by atoms with Crippen LogP contribution in [0.1, 0.15) is 27.0 Å². The Kier molecular flexibility index (Phi) is 7.14. The standard InChI is InChI=1S/C23H20Cl3NO3/c1-13-4-6-17(8-14(13)2)30-12-16-9-15(5-7-22(16)29-3)23(28)27-21-11-19(25)18(24)10-20(21)26/h4-11H,12H2,1-3H3,(H,27,28). The fourth-order valence-electron chi connectivity index (χ4n) is 2.81. The molecule has 1 amide bonds. The van der Waals surface area contributed by atoms with Gasteiger partial charge in [0.1, 0.15) is 18.1 Å². The molecule has 0 bridgehead atoms. The minimum Gasteiger partial charge on any atom is -0.496 e. The Morgan fingerprint density at radius 3 is 2.33 bits per heavy atom. The van der Waals surface area contributed by atoms with Gasteiger partial charge in [0.2, 0.25) is 0 Å². The van der Waals surface area contributed by atoms with Gasteiger partial charge in [0, 0.05) is 11.1 Å². The number of carbonyl (C=O) groups is 1. The highest BCUT2D eigenvalue weighted by molar-refractivity contribution is 6.44. The van der Waals surface area contributed by atoms with Crippen LogP contribution in [0.15, 0.2) is 48.5 Å². The second kappa shape index (κ2) is 9.61. The van der Waals surface area contributed by atoms with Gasteiger partial charge in [0.25, 0.3) is 5.91 Å². The largest absolute Gasteiger partial charge is 0.496 e. The van der Waals surface area contributed by atoms with Gasteiger partial charge in [0.15, 0.2) is 0 Å². The molecule has 0 saturated carbocycles. The second-order valence-electron chi connectivity index (χ2n) is 6.76. The smallest absolute Gasteiger partial charge is 0.255 e. The molecule has 3 aromatic rings. The van der Waals surface area contributed by atoms with Crippen molar-refractivity contribution in [3.8, 4) is 11.5 Å². The Hall–Kier alpha value is -2.40. The third-order valence-electron chi connectivity index (χ3n) is 4.67. The predicted molar refractivity (Wildman–Crippen MR) is 123 cm³/mol. The average Bonchev–Trinajstić information content (AvgIpc) is 2.72. The highest BCUT2D eigenvalue weighted by atomic mass is 35.5. The van der Waals surface area contributed by atoms with Gasteiger partial charge in [-0.1, -0.05) is 40.9 Å². The number of hydrogen-bond acceptors (Lipinski definition) is 3. The van der Waals surface area contributed by atoms with Gasteiger partial charge in [0.05, 0.1) is 27.9 Å². The van der Waals surface area contributed by atoms with Crippen molar-refractivity contribution in [1.82, 2.24) is 0 Å². The SMILES string of the molecule is COc1ccc(C(=O)Nc2cc(Cl)c(Cl)cc2Cl)cc1COc1ccc(C)c(C)c1. The molecule has 0 fully saturated rings. The zero-order chi connectivity index (χ0) is 21.8. The molecule has 0 aromatic heterocycles. The minimum absolute atomic E-state index is 0.250. The number of hydrogen-bond donors (Lipinski definition) is 1. The van der Waals surface area contributed by atoms with Gasteiger partial charge in [-0.15, -0.1) is 0 Å². The van der Waals surface area contributed by atoms with Crippen molar-refractivity contribution in [3.63, 3.8) is 0 Å². The molecule has 0 spiro atoms. The lowest BCUT2D eigenvalue weighted by atomic mass is 10.1. The molecule has 7 heteroatoms. The van der Waals surface area contributed by atoms with Crippen LogP contribution >= 0.6 is 34.8 Å². The summed E-state index contributed by atoms with van der Waals surface area (Å²) in [5.74, 6) is 1.03. The Labute approximate surface area is 190 Å². The van der Waals surface area contributed by atoms with Crippen molar-refractivity contribution in [1.29, 1.82) is 0 Å². The van der Waals surface area contributed by atoms with Gasteiger partial charge in [-0.25, -0.2) is 0 Å². The molecule has 0 heterocycles. The van der Waals surface area contributed by atoms with Crippen molar-refractivity contribution >= 4 is 46.4 Å². The molecule has 3 aromatic carbocycles. The molecule has 156 valence electrons. The number of anilines is 1. The van der Waals surface area contributed by atoms with Crippen LogP contribution in [0.3, 0.4) is 0 Å². The lowest BCUT2D eigenvalue weighted by Gasteiger charge is -2.14. The summed E-state index contributed by atoms with van der Waals surface area (Å²) in [7, 11) is 1.57. The monoisotopic (exact) mass is 463 g/mol. The molecule has 3 rings (SSSR count). The maximum absolute atomic E-state index is 12.7. The van der Waals surface area contributed by atoms with Crippen molar-refractivity contribution in [3.05, 3.63) is 85.9 Å². The number of benzene rings is 3. The van der Waals surface area contributed by atoms with Gasteiger partial charge in [-0.3, -0.25) is 4.79 Å². The van der Waals surface area contributed by atoms with E-state index in [9.17, 15) is 4.79 Å². The number of rotatable bonds is 6. The molecule has 0 atom stereocenters. The van der Waals surface area contributed by atoms with Crippen LogP contribution in [-0.4, -0.2) is 13.0 Å². The zero-order valence-electron chi connectivity index (χ0n) is 16.7. The van der Waals surface area contributed by atoms with Crippen molar-refractivity contribution in [2.75, 3.05) is 12.4 Å². The number of halogens is 3. The number of aryl methyl sites for hydroxylation is 2. The van der Waals surface area contributed by atoms with Gasteiger partial charge in [-0.05, 0) is 67.4 Å². The maximum atomic E-state index is 12.7. The molecule has 0 radical (unpaired) electrons. The van der Waals surface area contributed by atoms with E-state index in [-0.39, 0.29) is 12.5 Å². The number of amides is 1. The summed E-state index contributed by atoms with van der Waals surface area (Å²) in [6.45, 7) is 4.33. The number of carbonyl (C=O) groups excluding carboxylic acids is 1. The van der Waals surface area contributed by atoms with Crippen LogP contribution in [0.25, 0.3) is 0 Å². The Morgan fingerprint density at radius 1 is 0.900 bits per heavy atom. The quantitative estimate of drug-likeness (QED) is 0.396. The van der Waals surface area contributed by atoms with Crippen LogP contribution in [0, 0.1) is 13.8 Å². The Bertz CT molecular complexity index is 1100.